The first-order chi connectivity index (χ1) is 20.5. The molecule has 1 amide bonds. The van der Waals surface area contributed by atoms with Crippen molar-refractivity contribution in [3.05, 3.63) is 95.6 Å². The van der Waals surface area contributed by atoms with Gasteiger partial charge in [0.25, 0.3) is 5.91 Å². The molecular weight excluding hydrogens is 532 g/mol. The number of nitrogens with one attached hydrogen (secondary N) is 3. The highest BCUT2D eigenvalue weighted by atomic mass is 16.5. The Morgan fingerprint density at radius 1 is 0.857 bits per heavy atom. The number of carbonyl (C=O) groups is 2. The topological polar surface area (TPSA) is 134 Å². The van der Waals surface area contributed by atoms with Gasteiger partial charge in [-0.3, -0.25) is 4.79 Å². The highest BCUT2D eigenvalue weighted by Crippen LogP contribution is 2.20. The minimum absolute atomic E-state index is 0.310. The number of rotatable bonds is 10. The number of carbonyl (C=O) groups excluding carboxylic acids is 2. The van der Waals surface area contributed by atoms with Crippen molar-refractivity contribution in [1.82, 2.24) is 15.0 Å². The molecule has 214 valence electrons. The number of hydrazone groups is 1. The Morgan fingerprint density at radius 3 is 2.31 bits per heavy atom. The second-order valence-corrected chi connectivity index (χ2v) is 9.80. The van der Waals surface area contributed by atoms with Crippen LogP contribution in [-0.4, -0.2) is 52.7 Å². The average molecular weight is 565 g/mol. The zero-order valence-electron chi connectivity index (χ0n) is 23.3. The number of amides is 1. The van der Waals surface area contributed by atoms with E-state index in [1.807, 2.05) is 49.4 Å². The van der Waals surface area contributed by atoms with Crippen LogP contribution in [0.25, 0.3) is 0 Å². The number of piperidine rings is 1. The summed E-state index contributed by atoms with van der Waals surface area (Å²) in [5, 5.41) is 10.2. The second kappa shape index (κ2) is 13.8. The summed E-state index contributed by atoms with van der Waals surface area (Å²) in [6.45, 7) is 3.36. The number of benzene rings is 3. The highest BCUT2D eigenvalue weighted by Gasteiger charge is 2.16. The third-order valence-electron chi connectivity index (χ3n) is 6.49. The van der Waals surface area contributed by atoms with Crippen LogP contribution in [0, 0.1) is 6.92 Å². The third-order valence-corrected chi connectivity index (χ3v) is 6.49. The van der Waals surface area contributed by atoms with Crippen LogP contribution in [0.5, 0.6) is 0 Å². The van der Waals surface area contributed by atoms with Crippen LogP contribution in [-0.2, 0) is 9.53 Å². The van der Waals surface area contributed by atoms with Gasteiger partial charge in [-0.1, -0.05) is 48.0 Å². The van der Waals surface area contributed by atoms with Gasteiger partial charge >= 0.3 is 5.97 Å². The molecule has 11 heteroatoms. The molecule has 0 spiro atoms. The predicted octanol–water partition coefficient (Wildman–Crippen LogP) is 5.16. The monoisotopic (exact) mass is 564 g/mol. The average Bonchev–Trinajstić information content (AvgIpc) is 3.02. The summed E-state index contributed by atoms with van der Waals surface area (Å²) in [6, 6.07) is 23.7. The maximum absolute atomic E-state index is 12.4. The number of esters is 1. The van der Waals surface area contributed by atoms with E-state index in [1.54, 1.807) is 42.6 Å². The first-order valence-electron chi connectivity index (χ1n) is 13.8. The van der Waals surface area contributed by atoms with Crippen molar-refractivity contribution < 1.29 is 14.3 Å². The first kappa shape index (κ1) is 28.2. The summed E-state index contributed by atoms with van der Waals surface area (Å²) < 4.78 is 5.15. The Labute approximate surface area is 244 Å². The van der Waals surface area contributed by atoms with Crippen LogP contribution in [0.2, 0.25) is 0 Å². The number of nitrogens with zero attached hydrogens (tertiary/aromatic N) is 5. The minimum atomic E-state index is -0.593. The van der Waals surface area contributed by atoms with Gasteiger partial charge in [0.2, 0.25) is 17.8 Å². The fraction of sp³-hybridized carbons (Fsp3) is 0.226. The van der Waals surface area contributed by atoms with Gasteiger partial charge in [0, 0.05) is 24.5 Å². The van der Waals surface area contributed by atoms with Gasteiger partial charge in [0.05, 0.1) is 11.8 Å². The summed E-state index contributed by atoms with van der Waals surface area (Å²) >= 11 is 0. The molecule has 0 bridgehead atoms. The van der Waals surface area contributed by atoms with Crippen LogP contribution in [0.3, 0.4) is 0 Å². The summed E-state index contributed by atoms with van der Waals surface area (Å²) in [4.78, 5) is 40.3. The number of anilines is 5. The smallest absolute Gasteiger partial charge is 0.338 e. The third kappa shape index (κ3) is 8.10. The predicted molar refractivity (Wildman–Crippen MR) is 163 cm³/mol. The Balaban J connectivity index is 1.18. The van der Waals surface area contributed by atoms with Gasteiger partial charge in [-0.05, 0) is 68.1 Å². The number of ether oxygens (including phenoxy) is 1. The lowest BCUT2D eigenvalue weighted by molar-refractivity contribution is -0.119. The van der Waals surface area contributed by atoms with E-state index < -0.39 is 11.9 Å². The van der Waals surface area contributed by atoms with Crippen molar-refractivity contribution in [1.29, 1.82) is 0 Å². The molecule has 1 aromatic heterocycles. The molecule has 1 saturated heterocycles. The van der Waals surface area contributed by atoms with Gasteiger partial charge in [-0.25, -0.2) is 10.2 Å². The maximum Gasteiger partial charge on any atom is 0.338 e. The molecule has 2 heterocycles. The van der Waals surface area contributed by atoms with Crippen molar-refractivity contribution >= 4 is 47.3 Å². The summed E-state index contributed by atoms with van der Waals surface area (Å²) in [6.07, 6.45) is 4.99. The number of hydrogen-bond donors (Lipinski definition) is 3. The fourth-order valence-electron chi connectivity index (χ4n) is 4.27. The lowest BCUT2D eigenvalue weighted by Crippen LogP contribution is -2.31. The van der Waals surface area contributed by atoms with Crippen molar-refractivity contribution in [2.45, 2.75) is 26.2 Å². The van der Waals surface area contributed by atoms with Crippen LogP contribution < -0.4 is 21.0 Å². The lowest BCUT2D eigenvalue weighted by atomic mass is 10.1. The molecule has 42 heavy (non-hydrogen) atoms. The molecule has 3 aromatic carbocycles. The normalized spacial score (nSPS) is 13.0. The quantitative estimate of drug-likeness (QED) is 0.136. The molecule has 1 fully saturated rings. The van der Waals surface area contributed by atoms with E-state index in [2.05, 4.69) is 41.0 Å². The molecule has 0 atom stereocenters. The molecule has 0 unspecified atom stereocenters. The van der Waals surface area contributed by atoms with Gasteiger partial charge < -0.3 is 20.3 Å². The Bertz CT molecular complexity index is 1520. The molecule has 1 aliphatic rings. The van der Waals surface area contributed by atoms with Crippen molar-refractivity contribution in [3.63, 3.8) is 0 Å². The number of aryl methyl sites for hydroxylation is 1. The number of hydrogen-bond acceptors (Lipinski definition) is 10. The van der Waals surface area contributed by atoms with Gasteiger partial charge in [0.1, 0.15) is 0 Å². The second-order valence-electron chi connectivity index (χ2n) is 9.80. The Kier molecular flexibility index (Phi) is 9.30. The van der Waals surface area contributed by atoms with Crippen molar-refractivity contribution in [2.75, 3.05) is 40.7 Å². The van der Waals surface area contributed by atoms with E-state index in [0.29, 0.717) is 29.1 Å². The van der Waals surface area contributed by atoms with Crippen LogP contribution in [0.1, 0.15) is 40.7 Å². The Morgan fingerprint density at radius 2 is 1.57 bits per heavy atom. The van der Waals surface area contributed by atoms with Crippen LogP contribution in [0.15, 0.2) is 84.0 Å². The lowest BCUT2D eigenvalue weighted by Gasteiger charge is -2.26. The zero-order chi connectivity index (χ0) is 29.1. The molecular formula is C31H32N8O3. The van der Waals surface area contributed by atoms with Crippen molar-refractivity contribution in [2.24, 2.45) is 5.10 Å². The molecule has 1 aliphatic heterocycles. The van der Waals surface area contributed by atoms with Gasteiger partial charge in [-0.15, -0.1) is 0 Å². The first-order valence-corrected chi connectivity index (χ1v) is 13.8. The summed E-state index contributed by atoms with van der Waals surface area (Å²) in [7, 11) is 0. The van der Waals surface area contributed by atoms with Gasteiger partial charge in [0.15, 0.2) is 6.61 Å². The fourth-order valence-corrected chi connectivity index (χ4v) is 4.27. The highest BCUT2D eigenvalue weighted by molar-refractivity contribution is 5.95. The van der Waals surface area contributed by atoms with Crippen LogP contribution >= 0.6 is 0 Å². The molecule has 0 saturated carbocycles. The standard InChI is InChI=1S/C31H32N8O3/c1-22-10-16-26(17-11-22)33-27(40)21-42-28(41)24-14-12-23(13-15-24)20-32-38-30-35-29(34-25-8-4-2-5-9-25)36-31(37-30)39-18-6-3-7-19-39/h2,4-5,8-17,20H,3,6-7,18-19,21H2,1H3,(H,33,40)(H2,34,35,36,37,38)/b32-20+. The van der Waals surface area contributed by atoms with Crippen molar-refractivity contribution in [3.8, 4) is 0 Å². The number of para-hydroxylation sites is 1. The summed E-state index contributed by atoms with van der Waals surface area (Å²) in [5.74, 6) is 0.320. The largest absolute Gasteiger partial charge is 0.452 e. The van der Waals surface area contributed by atoms with E-state index >= 15 is 0 Å². The number of aromatic nitrogens is 3. The molecule has 0 radical (unpaired) electrons. The van der Waals surface area contributed by atoms with E-state index in [9.17, 15) is 9.59 Å². The molecule has 5 rings (SSSR count). The maximum atomic E-state index is 12.4. The zero-order valence-corrected chi connectivity index (χ0v) is 23.3. The van der Waals surface area contributed by atoms with E-state index in [1.165, 1.54) is 6.42 Å². The van der Waals surface area contributed by atoms with Gasteiger partial charge in [-0.2, -0.15) is 20.1 Å². The van der Waals surface area contributed by atoms with E-state index in [4.69, 9.17) is 4.74 Å². The summed E-state index contributed by atoms with van der Waals surface area (Å²) in [5.41, 5.74) is 6.55. The molecule has 11 nitrogen and oxygen atoms in total. The molecule has 4 aromatic rings. The Hall–Kier alpha value is -5.32. The molecule has 0 aliphatic carbocycles. The SMILES string of the molecule is Cc1ccc(NC(=O)COC(=O)c2ccc(/C=N/Nc3nc(Nc4ccccc4)nc(N4CCCCC4)n3)cc2)cc1. The van der Waals surface area contributed by atoms with E-state index in [-0.39, 0.29) is 6.61 Å². The molecule has 3 N–H and O–H groups in total. The minimum Gasteiger partial charge on any atom is -0.452 e. The van der Waals surface area contributed by atoms with Crippen LogP contribution in [0.4, 0.5) is 29.2 Å². The van der Waals surface area contributed by atoms with E-state index in [0.717, 1.165) is 42.7 Å².